The molecular formula is C17H16INO2. The number of nitrogens with one attached hydrogen (secondary N) is 1. The van der Waals surface area contributed by atoms with Crippen LogP contribution in [0.2, 0.25) is 0 Å². The number of aliphatic hydroxyl groups excluding tert-OH is 1. The molecule has 4 heteroatoms. The van der Waals surface area contributed by atoms with Crippen LogP contribution in [0.25, 0.3) is 0 Å². The van der Waals surface area contributed by atoms with Crippen molar-refractivity contribution in [2.24, 2.45) is 0 Å². The Morgan fingerprint density at radius 1 is 1.24 bits per heavy atom. The zero-order valence-electron chi connectivity index (χ0n) is 11.7. The maximum absolute atomic E-state index is 11.4. The maximum atomic E-state index is 11.4. The smallest absolute Gasteiger partial charge is 0.224 e. The second-order valence-corrected chi connectivity index (χ2v) is 6.42. The van der Waals surface area contributed by atoms with Gasteiger partial charge in [-0.25, -0.2) is 0 Å². The van der Waals surface area contributed by atoms with Crippen molar-refractivity contribution in [2.45, 2.75) is 25.9 Å². The highest BCUT2D eigenvalue weighted by atomic mass is 127. The van der Waals surface area contributed by atoms with Gasteiger partial charge >= 0.3 is 0 Å². The number of benzene rings is 2. The number of fused-ring (bicyclic) bond motifs is 1. The fourth-order valence-corrected chi connectivity index (χ4v) is 3.29. The summed E-state index contributed by atoms with van der Waals surface area (Å²) in [5.41, 5.74) is 4.91. The molecule has 1 heterocycles. The van der Waals surface area contributed by atoms with E-state index in [2.05, 4.69) is 27.9 Å². The van der Waals surface area contributed by atoms with Gasteiger partial charge in [0.2, 0.25) is 5.91 Å². The molecule has 0 spiro atoms. The average molecular weight is 393 g/mol. The van der Waals surface area contributed by atoms with Crippen LogP contribution in [0.1, 0.15) is 34.8 Å². The number of carbonyl (C=O) groups excluding carboxylic acids is 1. The Morgan fingerprint density at radius 3 is 2.86 bits per heavy atom. The third-order valence-corrected chi connectivity index (χ3v) is 5.33. The van der Waals surface area contributed by atoms with Crippen molar-refractivity contribution >= 4 is 34.2 Å². The monoisotopic (exact) mass is 393 g/mol. The summed E-state index contributed by atoms with van der Waals surface area (Å²) in [7, 11) is 0. The van der Waals surface area contributed by atoms with Crippen LogP contribution in [0.5, 0.6) is 0 Å². The van der Waals surface area contributed by atoms with E-state index in [-0.39, 0.29) is 5.91 Å². The van der Waals surface area contributed by atoms with Crippen molar-refractivity contribution in [3.05, 3.63) is 62.2 Å². The predicted octanol–water partition coefficient (Wildman–Crippen LogP) is 3.57. The standard InChI is InChI=1S/C17H16INO2/c1-10-3-2-4-13(16(10)18)17(21)12-5-7-14-11(9-12)6-8-15(20)19-14/h2-5,7,9,17,21H,6,8H2,1H3,(H,19,20). The van der Waals surface area contributed by atoms with Gasteiger partial charge < -0.3 is 10.4 Å². The first-order chi connectivity index (χ1) is 10.1. The van der Waals surface area contributed by atoms with Gasteiger partial charge in [0.05, 0.1) is 0 Å². The third kappa shape index (κ3) is 2.82. The highest BCUT2D eigenvalue weighted by molar-refractivity contribution is 14.1. The first-order valence-corrected chi connectivity index (χ1v) is 8.00. The number of anilines is 1. The van der Waals surface area contributed by atoms with Crippen molar-refractivity contribution in [1.29, 1.82) is 0 Å². The summed E-state index contributed by atoms with van der Waals surface area (Å²) in [5.74, 6) is 0.0593. The Labute approximate surface area is 137 Å². The zero-order valence-corrected chi connectivity index (χ0v) is 13.8. The van der Waals surface area contributed by atoms with Gasteiger partial charge in [-0.15, -0.1) is 0 Å². The second kappa shape index (κ2) is 5.77. The quantitative estimate of drug-likeness (QED) is 0.767. The van der Waals surface area contributed by atoms with Crippen LogP contribution in [-0.2, 0) is 11.2 Å². The van der Waals surface area contributed by atoms with Gasteiger partial charge in [0.15, 0.2) is 0 Å². The molecule has 3 nitrogen and oxygen atoms in total. The van der Waals surface area contributed by atoms with Crippen molar-refractivity contribution < 1.29 is 9.90 Å². The summed E-state index contributed by atoms with van der Waals surface area (Å²) in [4.78, 5) is 11.4. The Kier molecular flexibility index (Phi) is 3.99. The van der Waals surface area contributed by atoms with E-state index in [1.807, 2.05) is 43.3 Å². The van der Waals surface area contributed by atoms with Crippen molar-refractivity contribution in [3.63, 3.8) is 0 Å². The first kappa shape index (κ1) is 14.5. The predicted molar refractivity (Wildman–Crippen MR) is 91.4 cm³/mol. The molecule has 2 aromatic carbocycles. The van der Waals surface area contributed by atoms with Gasteiger partial charge in [-0.1, -0.05) is 30.3 Å². The van der Waals surface area contributed by atoms with E-state index in [1.165, 1.54) is 0 Å². The Hall–Kier alpha value is -1.40. The Bertz CT molecular complexity index is 712. The minimum absolute atomic E-state index is 0.0593. The summed E-state index contributed by atoms with van der Waals surface area (Å²) in [6.45, 7) is 2.04. The molecule has 1 aliphatic rings. The van der Waals surface area contributed by atoms with Gasteiger partial charge in [-0.3, -0.25) is 4.79 Å². The summed E-state index contributed by atoms with van der Waals surface area (Å²) in [6.07, 6.45) is 0.598. The first-order valence-electron chi connectivity index (χ1n) is 6.92. The lowest BCUT2D eigenvalue weighted by Crippen LogP contribution is -2.19. The molecule has 0 saturated carbocycles. The molecular weight excluding hydrogens is 377 g/mol. The minimum atomic E-state index is -0.639. The third-order valence-electron chi connectivity index (χ3n) is 3.86. The van der Waals surface area contributed by atoms with Crippen LogP contribution in [0.4, 0.5) is 5.69 Å². The fourth-order valence-electron chi connectivity index (χ4n) is 2.63. The Morgan fingerprint density at radius 2 is 2.05 bits per heavy atom. The number of aliphatic hydroxyl groups is 1. The van der Waals surface area contributed by atoms with Gasteiger partial charge in [-0.05, 0) is 64.3 Å². The van der Waals surface area contributed by atoms with Crippen molar-refractivity contribution in [1.82, 2.24) is 0 Å². The number of aryl methyl sites for hydroxylation is 2. The molecule has 0 bridgehead atoms. The number of halogens is 1. The van der Waals surface area contributed by atoms with E-state index in [4.69, 9.17) is 0 Å². The van der Waals surface area contributed by atoms with Crippen LogP contribution >= 0.6 is 22.6 Å². The number of hydrogen-bond acceptors (Lipinski definition) is 2. The summed E-state index contributed by atoms with van der Waals surface area (Å²) in [6, 6.07) is 11.7. The molecule has 21 heavy (non-hydrogen) atoms. The molecule has 1 atom stereocenters. The molecule has 108 valence electrons. The van der Waals surface area contributed by atoms with E-state index in [9.17, 15) is 9.90 Å². The lowest BCUT2D eigenvalue weighted by atomic mass is 9.95. The van der Waals surface area contributed by atoms with Crippen LogP contribution < -0.4 is 5.32 Å². The number of carbonyl (C=O) groups is 1. The molecule has 1 aliphatic heterocycles. The molecule has 2 N–H and O–H groups in total. The fraction of sp³-hybridized carbons (Fsp3) is 0.235. The molecule has 2 aromatic rings. The lowest BCUT2D eigenvalue weighted by molar-refractivity contribution is -0.116. The largest absolute Gasteiger partial charge is 0.384 e. The van der Waals surface area contributed by atoms with Crippen LogP contribution in [0.15, 0.2) is 36.4 Å². The van der Waals surface area contributed by atoms with E-state index < -0.39 is 6.10 Å². The van der Waals surface area contributed by atoms with Gasteiger partial charge in [0, 0.05) is 15.7 Å². The minimum Gasteiger partial charge on any atom is -0.384 e. The van der Waals surface area contributed by atoms with Crippen molar-refractivity contribution in [3.8, 4) is 0 Å². The van der Waals surface area contributed by atoms with E-state index in [1.54, 1.807) is 0 Å². The summed E-state index contributed by atoms with van der Waals surface area (Å²) in [5, 5.41) is 13.5. The molecule has 0 aliphatic carbocycles. The summed E-state index contributed by atoms with van der Waals surface area (Å²) >= 11 is 2.28. The van der Waals surface area contributed by atoms with Gasteiger partial charge in [-0.2, -0.15) is 0 Å². The normalized spacial score (nSPS) is 15.3. The van der Waals surface area contributed by atoms with Crippen LogP contribution in [-0.4, -0.2) is 11.0 Å². The molecule has 0 saturated heterocycles. The molecule has 1 amide bonds. The highest BCUT2D eigenvalue weighted by Gasteiger charge is 2.19. The molecule has 3 rings (SSSR count). The van der Waals surface area contributed by atoms with E-state index in [0.29, 0.717) is 6.42 Å². The lowest BCUT2D eigenvalue weighted by Gasteiger charge is -2.20. The van der Waals surface area contributed by atoms with Crippen LogP contribution in [0, 0.1) is 10.5 Å². The summed E-state index contributed by atoms with van der Waals surface area (Å²) < 4.78 is 1.09. The van der Waals surface area contributed by atoms with Gasteiger partial charge in [0.25, 0.3) is 0 Å². The topological polar surface area (TPSA) is 49.3 Å². The maximum Gasteiger partial charge on any atom is 0.224 e. The van der Waals surface area contributed by atoms with Gasteiger partial charge in [0.1, 0.15) is 6.10 Å². The van der Waals surface area contributed by atoms with E-state index >= 15 is 0 Å². The molecule has 0 fully saturated rings. The van der Waals surface area contributed by atoms with Crippen molar-refractivity contribution in [2.75, 3.05) is 5.32 Å². The molecule has 0 aromatic heterocycles. The number of amides is 1. The Balaban J connectivity index is 1.97. The SMILES string of the molecule is Cc1cccc(C(O)c2ccc3c(c2)CCC(=O)N3)c1I. The number of hydrogen-bond donors (Lipinski definition) is 2. The molecule has 1 unspecified atom stereocenters. The highest BCUT2D eigenvalue weighted by Crippen LogP contribution is 2.31. The zero-order chi connectivity index (χ0) is 15.0. The molecule has 0 radical (unpaired) electrons. The second-order valence-electron chi connectivity index (χ2n) is 5.35. The van der Waals surface area contributed by atoms with Crippen LogP contribution in [0.3, 0.4) is 0 Å². The average Bonchev–Trinajstić information content (AvgIpc) is 2.49. The number of rotatable bonds is 2. The van der Waals surface area contributed by atoms with E-state index in [0.717, 1.165) is 37.9 Å².